The molecule has 90 valence electrons. The lowest BCUT2D eigenvalue weighted by Gasteiger charge is -2.03. The van der Waals surface area contributed by atoms with Gasteiger partial charge in [0.1, 0.15) is 19.2 Å². The van der Waals surface area contributed by atoms with Crippen molar-refractivity contribution in [1.82, 2.24) is 29.5 Å². The summed E-state index contributed by atoms with van der Waals surface area (Å²) in [7, 11) is 1.72. The monoisotopic (exact) mass is 237 g/mol. The number of aryl methyl sites for hydroxylation is 1. The van der Waals surface area contributed by atoms with Gasteiger partial charge in [-0.3, -0.25) is 9.48 Å². The van der Waals surface area contributed by atoms with Gasteiger partial charge in [0.15, 0.2) is 12.4 Å². The molecular formula is C8H11N7O2. The molecular weight excluding hydrogens is 226 g/mol. The topological polar surface area (TPSA) is 114 Å². The first-order chi connectivity index (χ1) is 8.15. The average Bonchev–Trinajstić information content (AvgIpc) is 2.85. The Bertz CT molecular complexity index is 517. The number of carbonyl (C=O) groups is 1. The molecule has 0 radical (unpaired) electrons. The summed E-state index contributed by atoms with van der Waals surface area (Å²) in [4.78, 5) is 19.0. The van der Waals surface area contributed by atoms with Gasteiger partial charge in [0, 0.05) is 7.05 Å². The van der Waals surface area contributed by atoms with Gasteiger partial charge in [0.25, 0.3) is 0 Å². The molecule has 2 aromatic heterocycles. The molecule has 0 amide bonds. The number of hydrogen-bond donors (Lipinski definition) is 1. The van der Waals surface area contributed by atoms with Crippen molar-refractivity contribution in [2.75, 3.05) is 5.73 Å². The Hall–Kier alpha value is -2.45. The third-order valence-corrected chi connectivity index (χ3v) is 2.01. The molecule has 0 atom stereocenters. The van der Waals surface area contributed by atoms with E-state index in [9.17, 15) is 4.79 Å². The number of anilines is 1. The van der Waals surface area contributed by atoms with Gasteiger partial charge >= 0.3 is 5.97 Å². The molecule has 2 rings (SSSR count). The summed E-state index contributed by atoms with van der Waals surface area (Å²) in [6.07, 6.45) is 2.75. The third kappa shape index (κ3) is 2.77. The summed E-state index contributed by atoms with van der Waals surface area (Å²) in [5, 5.41) is 7.61. The summed E-state index contributed by atoms with van der Waals surface area (Å²) >= 11 is 0. The molecule has 0 aliphatic carbocycles. The van der Waals surface area contributed by atoms with Gasteiger partial charge < -0.3 is 10.5 Å². The summed E-state index contributed by atoms with van der Waals surface area (Å²) in [6.45, 7) is 0.0293. The molecule has 9 heteroatoms. The molecule has 0 saturated carbocycles. The fraction of sp³-hybridized carbons (Fsp3) is 0.375. The molecule has 9 nitrogen and oxygen atoms in total. The normalized spacial score (nSPS) is 10.4. The lowest BCUT2D eigenvalue weighted by molar-refractivity contribution is -0.146. The molecule has 2 aromatic rings. The van der Waals surface area contributed by atoms with Crippen LogP contribution in [0.4, 0.5) is 5.95 Å². The number of aromatic nitrogens is 6. The van der Waals surface area contributed by atoms with E-state index in [4.69, 9.17) is 10.5 Å². The van der Waals surface area contributed by atoms with Crippen molar-refractivity contribution in [1.29, 1.82) is 0 Å². The smallest absolute Gasteiger partial charge is 0.328 e. The molecule has 2 N–H and O–H groups in total. The number of esters is 1. The summed E-state index contributed by atoms with van der Waals surface area (Å²) in [5.74, 6) is 0.237. The Balaban J connectivity index is 1.84. The van der Waals surface area contributed by atoms with Crippen LogP contribution in [0.5, 0.6) is 0 Å². The minimum absolute atomic E-state index is 0.0396. The van der Waals surface area contributed by atoms with Crippen molar-refractivity contribution in [3.05, 3.63) is 18.5 Å². The Labute approximate surface area is 96.2 Å². The fourth-order valence-corrected chi connectivity index (χ4v) is 1.16. The van der Waals surface area contributed by atoms with E-state index in [-0.39, 0.29) is 19.1 Å². The van der Waals surface area contributed by atoms with Crippen molar-refractivity contribution >= 4 is 11.9 Å². The summed E-state index contributed by atoms with van der Waals surface area (Å²) < 4.78 is 7.82. The first-order valence-corrected chi connectivity index (χ1v) is 4.78. The summed E-state index contributed by atoms with van der Waals surface area (Å²) in [5.41, 5.74) is 5.31. The number of rotatable bonds is 4. The Kier molecular flexibility index (Phi) is 2.99. The van der Waals surface area contributed by atoms with Crippen molar-refractivity contribution in [2.45, 2.75) is 13.2 Å². The van der Waals surface area contributed by atoms with Gasteiger partial charge in [-0.05, 0) is 0 Å². The minimum atomic E-state index is -0.446. The maximum absolute atomic E-state index is 11.4. The first-order valence-electron chi connectivity index (χ1n) is 4.78. The number of carbonyl (C=O) groups excluding carboxylic acids is 1. The molecule has 2 heterocycles. The quantitative estimate of drug-likeness (QED) is 0.659. The van der Waals surface area contributed by atoms with E-state index in [1.165, 1.54) is 22.0 Å². The van der Waals surface area contributed by atoms with E-state index in [0.717, 1.165) is 0 Å². The second-order valence-corrected chi connectivity index (χ2v) is 3.26. The van der Waals surface area contributed by atoms with Gasteiger partial charge in [0.2, 0.25) is 5.95 Å². The van der Waals surface area contributed by atoms with E-state index in [0.29, 0.717) is 5.82 Å². The fourth-order valence-electron chi connectivity index (χ4n) is 1.16. The number of ether oxygens (including phenoxy) is 1. The van der Waals surface area contributed by atoms with E-state index >= 15 is 0 Å². The lowest BCUT2D eigenvalue weighted by atomic mass is 10.6. The van der Waals surface area contributed by atoms with Crippen LogP contribution in [-0.4, -0.2) is 35.5 Å². The Morgan fingerprint density at radius 1 is 1.53 bits per heavy atom. The molecule has 0 saturated heterocycles. The van der Waals surface area contributed by atoms with Crippen molar-refractivity contribution < 1.29 is 9.53 Å². The Morgan fingerprint density at radius 3 is 2.94 bits per heavy atom. The minimum Gasteiger partial charge on any atom is -0.456 e. The predicted molar refractivity (Wildman–Crippen MR) is 55.2 cm³/mol. The molecule has 0 aromatic carbocycles. The zero-order valence-corrected chi connectivity index (χ0v) is 9.15. The molecule has 0 unspecified atom stereocenters. The number of nitrogen functional groups attached to an aromatic ring is 1. The molecule has 0 bridgehead atoms. The van der Waals surface area contributed by atoms with Crippen LogP contribution in [0.3, 0.4) is 0 Å². The van der Waals surface area contributed by atoms with Crippen LogP contribution in [0.2, 0.25) is 0 Å². The summed E-state index contributed by atoms with van der Waals surface area (Å²) in [6, 6.07) is 0. The zero-order chi connectivity index (χ0) is 12.3. The molecule has 0 aliphatic rings. The largest absolute Gasteiger partial charge is 0.456 e. The highest BCUT2D eigenvalue weighted by molar-refractivity contribution is 5.68. The van der Waals surface area contributed by atoms with E-state index < -0.39 is 5.97 Å². The first kappa shape index (κ1) is 11.0. The Morgan fingerprint density at radius 2 is 2.35 bits per heavy atom. The van der Waals surface area contributed by atoms with Crippen LogP contribution < -0.4 is 5.73 Å². The van der Waals surface area contributed by atoms with Gasteiger partial charge in [-0.2, -0.15) is 5.10 Å². The van der Waals surface area contributed by atoms with E-state index in [1.54, 1.807) is 7.05 Å². The lowest BCUT2D eigenvalue weighted by Crippen LogP contribution is -2.15. The van der Waals surface area contributed by atoms with E-state index in [2.05, 4.69) is 20.2 Å². The third-order valence-electron chi connectivity index (χ3n) is 2.01. The highest BCUT2D eigenvalue weighted by Gasteiger charge is 2.08. The molecule has 0 aliphatic heterocycles. The van der Waals surface area contributed by atoms with Crippen LogP contribution >= 0.6 is 0 Å². The van der Waals surface area contributed by atoms with Gasteiger partial charge in [-0.25, -0.2) is 14.6 Å². The van der Waals surface area contributed by atoms with Crippen molar-refractivity contribution in [3.63, 3.8) is 0 Å². The SMILES string of the molecule is Cn1ncnc1COC(=O)Cn1cnc(N)n1. The average molecular weight is 237 g/mol. The number of nitrogens with zero attached hydrogens (tertiary/aromatic N) is 6. The molecule has 0 spiro atoms. The van der Waals surface area contributed by atoms with Crippen LogP contribution in [0.15, 0.2) is 12.7 Å². The van der Waals surface area contributed by atoms with Crippen LogP contribution in [0.25, 0.3) is 0 Å². The zero-order valence-electron chi connectivity index (χ0n) is 9.15. The maximum Gasteiger partial charge on any atom is 0.328 e. The maximum atomic E-state index is 11.4. The molecule has 0 fully saturated rings. The van der Waals surface area contributed by atoms with E-state index in [1.807, 2.05) is 0 Å². The van der Waals surface area contributed by atoms with Crippen molar-refractivity contribution in [2.24, 2.45) is 7.05 Å². The second kappa shape index (κ2) is 4.60. The van der Waals surface area contributed by atoms with Crippen LogP contribution in [0.1, 0.15) is 5.82 Å². The number of hydrogen-bond acceptors (Lipinski definition) is 7. The van der Waals surface area contributed by atoms with Crippen molar-refractivity contribution in [3.8, 4) is 0 Å². The highest BCUT2D eigenvalue weighted by atomic mass is 16.5. The van der Waals surface area contributed by atoms with Crippen LogP contribution in [-0.2, 0) is 29.7 Å². The van der Waals surface area contributed by atoms with Crippen LogP contribution in [0, 0.1) is 0 Å². The highest BCUT2D eigenvalue weighted by Crippen LogP contribution is 1.96. The molecule has 17 heavy (non-hydrogen) atoms. The second-order valence-electron chi connectivity index (χ2n) is 3.26. The standard InChI is InChI=1S/C8H11N7O2/c1-14-6(10-4-12-14)3-17-7(16)2-15-5-11-8(9)13-15/h4-5H,2-3H2,1H3,(H2,9,13). The van der Waals surface area contributed by atoms with Gasteiger partial charge in [0.05, 0.1) is 0 Å². The van der Waals surface area contributed by atoms with Gasteiger partial charge in [-0.1, -0.05) is 0 Å². The van der Waals surface area contributed by atoms with Gasteiger partial charge in [-0.15, -0.1) is 5.10 Å². The number of nitrogens with two attached hydrogens (primary N) is 1. The predicted octanol–water partition coefficient (Wildman–Crippen LogP) is -1.27.